The Morgan fingerprint density at radius 3 is 2.57 bits per heavy atom. The molecule has 0 aromatic rings. The Bertz CT molecular complexity index is 446. The molecule has 3 aliphatic rings. The fourth-order valence-corrected chi connectivity index (χ4v) is 4.47. The average molecular weight is 396 g/mol. The monoisotopic (exact) mass is 395 g/mol. The van der Waals surface area contributed by atoms with Gasteiger partial charge in [-0.05, 0) is 45.4 Å². The van der Waals surface area contributed by atoms with Crippen molar-refractivity contribution in [1.82, 2.24) is 10.2 Å². The zero-order valence-electron chi connectivity index (χ0n) is 17.9. The second kappa shape index (κ2) is 12.7. The molecule has 0 aromatic carbocycles. The summed E-state index contributed by atoms with van der Waals surface area (Å²) < 4.78 is 17.9. The van der Waals surface area contributed by atoms with Crippen molar-refractivity contribution in [2.24, 2.45) is 4.99 Å². The Morgan fingerprint density at radius 1 is 1.00 bits per heavy atom. The largest absolute Gasteiger partial charge is 0.378 e. The molecule has 2 saturated heterocycles. The molecule has 0 amide bonds. The molecule has 1 saturated carbocycles. The topological polar surface area (TPSA) is 55.3 Å². The van der Waals surface area contributed by atoms with E-state index in [-0.39, 0.29) is 12.2 Å². The maximum atomic E-state index is 6.10. The van der Waals surface area contributed by atoms with Crippen LogP contribution >= 0.6 is 0 Å². The SMILES string of the molecule is CCNC(=NCCCCOC1CCCCCC1)N1CCOC(C2CCCO2)C1. The lowest BCUT2D eigenvalue weighted by Crippen LogP contribution is -2.53. The molecule has 0 bridgehead atoms. The Morgan fingerprint density at radius 2 is 1.82 bits per heavy atom. The number of rotatable bonds is 8. The highest BCUT2D eigenvalue weighted by Gasteiger charge is 2.32. The van der Waals surface area contributed by atoms with Gasteiger partial charge in [-0.15, -0.1) is 0 Å². The van der Waals surface area contributed by atoms with Crippen molar-refractivity contribution in [3.63, 3.8) is 0 Å². The molecular formula is C22H41N3O3. The zero-order chi connectivity index (χ0) is 19.4. The van der Waals surface area contributed by atoms with Crippen LogP contribution in [0.4, 0.5) is 0 Å². The second-order valence-corrected chi connectivity index (χ2v) is 8.33. The van der Waals surface area contributed by atoms with Gasteiger partial charge in [0.1, 0.15) is 6.10 Å². The van der Waals surface area contributed by atoms with Gasteiger partial charge >= 0.3 is 0 Å². The number of nitrogens with one attached hydrogen (secondary N) is 1. The Balaban J connectivity index is 1.37. The van der Waals surface area contributed by atoms with E-state index in [1.54, 1.807) is 0 Å². The summed E-state index contributed by atoms with van der Waals surface area (Å²) in [4.78, 5) is 7.23. The van der Waals surface area contributed by atoms with E-state index >= 15 is 0 Å². The maximum Gasteiger partial charge on any atom is 0.194 e. The first-order valence-corrected chi connectivity index (χ1v) is 11.7. The van der Waals surface area contributed by atoms with Crippen molar-refractivity contribution in [2.75, 3.05) is 46.0 Å². The molecule has 3 rings (SSSR count). The lowest BCUT2D eigenvalue weighted by Gasteiger charge is -2.37. The molecule has 6 nitrogen and oxygen atoms in total. The molecule has 2 heterocycles. The number of nitrogens with zero attached hydrogens (tertiary/aromatic N) is 2. The summed E-state index contributed by atoms with van der Waals surface area (Å²) >= 11 is 0. The van der Waals surface area contributed by atoms with Gasteiger partial charge in [0.25, 0.3) is 0 Å². The van der Waals surface area contributed by atoms with E-state index in [2.05, 4.69) is 17.1 Å². The Kier molecular flexibility index (Phi) is 9.88. The third-order valence-corrected chi connectivity index (χ3v) is 6.08. The molecule has 162 valence electrons. The van der Waals surface area contributed by atoms with E-state index < -0.39 is 0 Å². The van der Waals surface area contributed by atoms with E-state index in [4.69, 9.17) is 19.2 Å². The van der Waals surface area contributed by atoms with Crippen LogP contribution in [0.2, 0.25) is 0 Å². The van der Waals surface area contributed by atoms with Crippen LogP contribution in [0.1, 0.15) is 71.1 Å². The van der Waals surface area contributed by atoms with Crippen molar-refractivity contribution in [3.05, 3.63) is 0 Å². The van der Waals surface area contributed by atoms with Crippen LogP contribution in [0.3, 0.4) is 0 Å². The van der Waals surface area contributed by atoms with Crippen molar-refractivity contribution in [1.29, 1.82) is 0 Å². The van der Waals surface area contributed by atoms with E-state index in [0.29, 0.717) is 6.10 Å². The molecular weight excluding hydrogens is 354 g/mol. The first-order valence-electron chi connectivity index (χ1n) is 11.7. The van der Waals surface area contributed by atoms with Crippen LogP contribution in [0.5, 0.6) is 0 Å². The van der Waals surface area contributed by atoms with Gasteiger partial charge in [0.05, 0.1) is 18.8 Å². The van der Waals surface area contributed by atoms with E-state index in [0.717, 1.165) is 77.6 Å². The van der Waals surface area contributed by atoms with Crippen LogP contribution < -0.4 is 5.32 Å². The van der Waals surface area contributed by atoms with Crippen LogP contribution in [0.15, 0.2) is 4.99 Å². The second-order valence-electron chi connectivity index (χ2n) is 8.33. The molecule has 2 aliphatic heterocycles. The smallest absolute Gasteiger partial charge is 0.194 e. The van der Waals surface area contributed by atoms with Gasteiger partial charge in [0, 0.05) is 39.4 Å². The number of hydrogen-bond donors (Lipinski definition) is 1. The summed E-state index contributed by atoms with van der Waals surface area (Å²) in [6.45, 7) is 8.18. The van der Waals surface area contributed by atoms with Crippen LogP contribution in [-0.2, 0) is 14.2 Å². The van der Waals surface area contributed by atoms with Crippen LogP contribution in [0.25, 0.3) is 0 Å². The maximum absolute atomic E-state index is 6.10. The Hall–Kier alpha value is -0.850. The highest BCUT2D eigenvalue weighted by atomic mass is 16.5. The van der Waals surface area contributed by atoms with E-state index in [1.165, 1.54) is 38.5 Å². The highest BCUT2D eigenvalue weighted by molar-refractivity contribution is 5.80. The molecule has 2 atom stereocenters. The molecule has 0 aromatic heterocycles. The van der Waals surface area contributed by atoms with E-state index in [1.807, 2.05) is 0 Å². The molecule has 28 heavy (non-hydrogen) atoms. The predicted molar refractivity (Wildman–Crippen MR) is 113 cm³/mol. The summed E-state index contributed by atoms with van der Waals surface area (Å²) in [7, 11) is 0. The fourth-order valence-electron chi connectivity index (χ4n) is 4.47. The quantitative estimate of drug-likeness (QED) is 0.296. The summed E-state index contributed by atoms with van der Waals surface area (Å²) in [5.74, 6) is 1.03. The Labute approximate surface area is 171 Å². The number of morpholine rings is 1. The predicted octanol–water partition coefficient (Wildman–Crippen LogP) is 3.35. The molecule has 1 aliphatic carbocycles. The number of ether oxygens (including phenoxy) is 3. The van der Waals surface area contributed by atoms with Gasteiger partial charge in [-0.3, -0.25) is 4.99 Å². The summed E-state index contributed by atoms with van der Waals surface area (Å²) in [5.41, 5.74) is 0. The van der Waals surface area contributed by atoms with Crippen molar-refractivity contribution < 1.29 is 14.2 Å². The molecule has 1 N–H and O–H groups in total. The van der Waals surface area contributed by atoms with Gasteiger partial charge < -0.3 is 24.4 Å². The third kappa shape index (κ3) is 7.20. The van der Waals surface area contributed by atoms with E-state index in [9.17, 15) is 0 Å². The first kappa shape index (κ1) is 21.8. The number of aliphatic imine (C=N–C) groups is 1. The van der Waals surface area contributed by atoms with Gasteiger partial charge in [-0.25, -0.2) is 0 Å². The molecule has 6 heteroatoms. The van der Waals surface area contributed by atoms with Crippen LogP contribution in [0, 0.1) is 0 Å². The van der Waals surface area contributed by atoms with Gasteiger partial charge in [-0.1, -0.05) is 25.7 Å². The van der Waals surface area contributed by atoms with Crippen molar-refractivity contribution >= 4 is 5.96 Å². The lowest BCUT2D eigenvalue weighted by molar-refractivity contribution is -0.0817. The van der Waals surface area contributed by atoms with Crippen LogP contribution in [-0.4, -0.2) is 75.2 Å². The number of unbranched alkanes of at least 4 members (excludes halogenated alkanes) is 1. The molecule has 2 unspecified atom stereocenters. The highest BCUT2D eigenvalue weighted by Crippen LogP contribution is 2.21. The normalized spacial score (nSPS) is 27.8. The minimum Gasteiger partial charge on any atom is -0.378 e. The lowest BCUT2D eigenvalue weighted by atomic mass is 10.1. The molecule has 3 fully saturated rings. The van der Waals surface area contributed by atoms with Gasteiger partial charge in [-0.2, -0.15) is 0 Å². The summed E-state index contributed by atoms with van der Waals surface area (Å²) in [6, 6.07) is 0. The third-order valence-electron chi connectivity index (χ3n) is 6.08. The zero-order valence-corrected chi connectivity index (χ0v) is 17.9. The molecule has 0 spiro atoms. The minimum atomic E-state index is 0.174. The van der Waals surface area contributed by atoms with Gasteiger partial charge in [0.15, 0.2) is 5.96 Å². The van der Waals surface area contributed by atoms with Crippen molar-refractivity contribution in [3.8, 4) is 0 Å². The average Bonchev–Trinajstić information content (AvgIpc) is 3.14. The summed E-state index contributed by atoms with van der Waals surface area (Å²) in [5, 5.41) is 3.46. The summed E-state index contributed by atoms with van der Waals surface area (Å²) in [6.07, 6.45) is 13.4. The minimum absolute atomic E-state index is 0.174. The standard InChI is InChI=1S/C22H41N3O3/c1-2-23-22(25-14-17-28-21(18-25)20-12-9-16-27-20)24-13-7-8-15-26-19-10-5-3-4-6-11-19/h19-21H,2-18H2,1H3,(H,23,24). The first-order chi connectivity index (χ1) is 13.9. The fraction of sp³-hybridized carbons (Fsp3) is 0.955. The number of hydrogen-bond acceptors (Lipinski definition) is 4. The van der Waals surface area contributed by atoms with Gasteiger partial charge in [0.2, 0.25) is 0 Å². The van der Waals surface area contributed by atoms with Crippen molar-refractivity contribution in [2.45, 2.75) is 89.4 Å². The number of guanidine groups is 1. The molecule has 0 radical (unpaired) electrons.